The van der Waals surface area contributed by atoms with Crippen LogP contribution in [0.2, 0.25) is 0 Å². The lowest BCUT2D eigenvalue weighted by atomic mass is 10.3. The number of thioether (sulfide) groups is 1. The van der Waals surface area contributed by atoms with E-state index < -0.39 is 0 Å². The molecule has 0 aliphatic heterocycles. The minimum absolute atomic E-state index is 0.314. The van der Waals surface area contributed by atoms with E-state index in [4.69, 9.17) is 4.74 Å². The predicted octanol–water partition coefficient (Wildman–Crippen LogP) is 2.79. The fourth-order valence-electron chi connectivity index (χ4n) is 1.25. The van der Waals surface area contributed by atoms with Gasteiger partial charge < -0.3 is 10.1 Å². The first kappa shape index (κ1) is 14.3. The molecule has 0 aliphatic rings. The number of ether oxygens (including phenoxy) is 1. The number of methoxy groups -OCH3 is 1. The molecule has 1 rings (SSSR count). The molecule has 0 bridgehead atoms. The Morgan fingerprint density at radius 2 is 2.35 bits per heavy atom. The third kappa shape index (κ3) is 4.20. The smallest absolute Gasteiger partial charge is 0.350 e. The van der Waals surface area contributed by atoms with Crippen LogP contribution >= 0.6 is 23.1 Å². The Bertz CT molecular complexity index is 380. The van der Waals surface area contributed by atoms with Crippen LogP contribution in [0.1, 0.15) is 28.7 Å². The Morgan fingerprint density at radius 1 is 1.65 bits per heavy atom. The van der Waals surface area contributed by atoms with Crippen molar-refractivity contribution < 1.29 is 9.53 Å². The number of nitrogens with zero attached hydrogens (tertiary/aromatic N) is 1. The Hall–Kier alpha value is -0.750. The Balaban J connectivity index is 2.53. The first-order valence-electron chi connectivity index (χ1n) is 5.41. The van der Waals surface area contributed by atoms with E-state index in [1.54, 1.807) is 0 Å². The van der Waals surface area contributed by atoms with Crippen LogP contribution in [0.5, 0.6) is 0 Å². The van der Waals surface area contributed by atoms with E-state index in [-0.39, 0.29) is 5.97 Å². The van der Waals surface area contributed by atoms with Gasteiger partial charge in [-0.05, 0) is 19.6 Å². The van der Waals surface area contributed by atoms with Crippen LogP contribution in [0.25, 0.3) is 0 Å². The summed E-state index contributed by atoms with van der Waals surface area (Å²) in [5.41, 5.74) is 0.724. The molecule has 0 saturated heterocycles. The quantitative estimate of drug-likeness (QED) is 0.808. The Labute approximate surface area is 110 Å². The van der Waals surface area contributed by atoms with Crippen molar-refractivity contribution >= 4 is 34.2 Å². The summed E-state index contributed by atoms with van der Waals surface area (Å²) in [5, 5.41) is 4.65. The number of rotatable bonds is 6. The molecule has 0 amide bonds. The van der Waals surface area contributed by atoms with E-state index in [2.05, 4.69) is 23.5 Å². The molecule has 0 aromatic carbocycles. The van der Waals surface area contributed by atoms with Gasteiger partial charge in [-0.3, -0.25) is 0 Å². The van der Waals surface area contributed by atoms with Gasteiger partial charge in [0.15, 0.2) is 5.13 Å². The summed E-state index contributed by atoms with van der Waals surface area (Å²) in [5.74, 6) is -0.314. The lowest BCUT2D eigenvalue weighted by molar-refractivity contribution is 0.0605. The number of carbonyl (C=O) groups excluding carboxylic acids is 1. The number of aryl methyl sites for hydroxylation is 1. The van der Waals surface area contributed by atoms with E-state index in [9.17, 15) is 4.79 Å². The molecule has 0 aliphatic carbocycles. The molecule has 0 saturated carbocycles. The van der Waals surface area contributed by atoms with E-state index in [0.29, 0.717) is 10.1 Å². The normalized spacial score (nSPS) is 12.2. The van der Waals surface area contributed by atoms with Crippen molar-refractivity contribution in [3.8, 4) is 0 Å². The molecular weight excluding hydrogens is 256 g/mol. The van der Waals surface area contributed by atoms with Gasteiger partial charge in [-0.15, -0.1) is 0 Å². The second kappa shape index (κ2) is 6.86. The van der Waals surface area contributed by atoms with Gasteiger partial charge in [0.1, 0.15) is 4.88 Å². The molecule has 4 nitrogen and oxygen atoms in total. The van der Waals surface area contributed by atoms with Crippen LogP contribution in [-0.4, -0.2) is 36.1 Å². The maximum atomic E-state index is 11.4. The molecule has 1 unspecified atom stereocenters. The van der Waals surface area contributed by atoms with Crippen LogP contribution < -0.4 is 5.32 Å². The average Bonchev–Trinajstić information content (AvgIpc) is 2.69. The van der Waals surface area contributed by atoms with Gasteiger partial charge in [-0.25, -0.2) is 9.78 Å². The molecular formula is C11H18N2O2S2. The van der Waals surface area contributed by atoms with Crippen molar-refractivity contribution in [2.75, 3.05) is 25.2 Å². The second-order valence-corrected chi connectivity index (χ2v) is 5.96. The van der Waals surface area contributed by atoms with E-state index in [1.165, 1.54) is 18.4 Å². The van der Waals surface area contributed by atoms with Crippen molar-refractivity contribution in [2.45, 2.75) is 25.5 Å². The average molecular weight is 274 g/mol. The van der Waals surface area contributed by atoms with Crippen molar-refractivity contribution in [1.82, 2.24) is 4.98 Å². The van der Waals surface area contributed by atoms with Crippen LogP contribution in [0.3, 0.4) is 0 Å². The number of esters is 1. The molecule has 17 heavy (non-hydrogen) atoms. The molecule has 96 valence electrons. The van der Waals surface area contributed by atoms with E-state index in [1.807, 2.05) is 18.7 Å². The number of thiazole rings is 1. The number of anilines is 1. The topological polar surface area (TPSA) is 51.2 Å². The number of hydrogen-bond acceptors (Lipinski definition) is 6. The van der Waals surface area contributed by atoms with Gasteiger partial charge in [0.05, 0.1) is 12.8 Å². The zero-order valence-corrected chi connectivity index (χ0v) is 12.2. The third-order valence-corrected chi connectivity index (χ3v) is 4.53. The summed E-state index contributed by atoms with van der Waals surface area (Å²) in [4.78, 5) is 16.3. The number of aromatic nitrogens is 1. The molecule has 1 aromatic heterocycles. The lowest BCUT2D eigenvalue weighted by Gasteiger charge is -2.07. The summed E-state index contributed by atoms with van der Waals surface area (Å²) in [7, 11) is 1.38. The number of carbonyl (C=O) groups is 1. The van der Waals surface area contributed by atoms with Crippen molar-refractivity contribution in [3.63, 3.8) is 0 Å². The van der Waals surface area contributed by atoms with Crippen molar-refractivity contribution in [2.24, 2.45) is 0 Å². The third-order valence-electron chi connectivity index (χ3n) is 2.40. The first-order chi connectivity index (χ1) is 8.08. The van der Waals surface area contributed by atoms with Crippen LogP contribution in [0.15, 0.2) is 0 Å². The molecule has 1 N–H and O–H groups in total. The summed E-state index contributed by atoms with van der Waals surface area (Å²) >= 11 is 3.19. The maximum Gasteiger partial charge on any atom is 0.350 e. The largest absolute Gasteiger partial charge is 0.465 e. The van der Waals surface area contributed by atoms with E-state index in [0.717, 1.165) is 23.8 Å². The van der Waals surface area contributed by atoms with Gasteiger partial charge in [0.25, 0.3) is 0 Å². The molecule has 1 atom stereocenters. The molecule has 1 aromatic rings. The lowest BCUT2D eigenvalue weighted by Crippen LogP contribution is -2.07. The van der Waals surface area contributed by atoms with Crippen LogP contribution in [0.4, 0.5) is 5.13 Å². The number of hydrogen-bond donors (Lipinski definition) is 1. The highest BCUT2D eigenvalue weighted by Crippen LogP contribution is 2.23. The zero-order valence-electron chi connectivity index (χ0n) is 10.6. The fraction of sp³-hybridized carbons (Fsp3) is 0.636. The molecule has 6 heteroatoms. The van der Waals surface area contributed by atoms with Crippen molar-refractivity contribution in [1.29, 1.82) is 0 Å². The highest BCUT2D eigenvalue weighted by molar-refractivity contribution is 7.99. The van der Waals surface area contributed by atoms with Gasteiger partial charge in [0.2, 0.25) is 0 Å². The fourth-order valence-corrected chi connectivity index (χ4v) is 2.52. The minimum Gasteiger partial charge on any atom is -0.465 e. The Morgan fingerprint density at radius 3 is 2.94 bits per heavy atom. The Kier molecular flexibility index (Phi) is 5.77. The van der Waals surface area contributed by atoms with E-state index >= 15 is 0 Å². The van der Waals surface area contributed by atoms with Crippen molar-refractivity contribution in [3.05, 3.63) is 10.6 Å². The monoisotopic (exact) mass is 274 g/mol. The van der Waals surface area contributed by atoms with Gasteiger partial charge in [0, 0.05) is 11.8 Å². The predicted molar refractivity (Wildman–Crippen MR) is 74.3 cm³/mol. The van der Waals surface area contributed by atoms with Gasteiger partial charge in [-0.1, -0.05) is 18.3 Å². The summed E-state index contributed by atoms with van der Waals surface area (Å²) in [6.45, 7) is 4.88. The highest BCUT2D eigenvalue weighted by atomic mass is 32.2. The SMILES string of the molecule is COC(=O)c1sc(NCCC(C)SC)nc1C. The second-order valence-electron chi connectivity index (χ2n) is 3.69. The van der Waals surface area contributed by atoms with Gasteiger partial charge >= 0.3 is 5.97 Å². The summed E-state index contributed by atoms with van der Waals surface area (Å²) in [6, 6.07) is 0. The highest BCUT2D eigenvalue weighted by Gasteiger charge is 2.15. The standard InChI is InChI=1S/C11H18N2O2S2/c1-7(16-4)5-6-12-11-13-8(2)9(17-11)10(14)15-3/h7H,5-6H2,1-4H3,(H,12,13). The van der Waals surface area contributed by atoms with Crippen LogP contribution in [-0.2, 0) is 4.74 Å². The number of nitrogens with one attached hydrogen (secondary N) is 1. The minimum atomic E-state index is -0.314. The molecule has 0 radical (unpaired) electrons. The molecule has 0 spiro atoms. The molecule has 0 fully saturated rings. The zero-order chi connectivity index (χ0) is 12.8. The molecule has 1 heterocycles. The van der Waals surface area contributed by atoms with Gasteiger partial charge in [-0.2, -0.15) is 11.8 Å². The maximum absolute atomic E-state index is 11.4. The summed E-state index contributed by atoms with van der Waals surface area (Å²) in [6.07, 6.45) is 3.18. The summed E-state index contributed by atoms with van der Waals surface area (Å²) < 4.78 is 4.69. The van der Waals surface area contributed by atoms with Crippen LogP contribution in [0, 0.1) is 6.92 Å². The first-order valence-corrected chi connectivity index (χ1v) is 7.51.